The minimum Gasteiger partial charge on any atom is -0.284 e. The second kappa shape index (κ2) is 3.36. The van der Waals surface area contributed by atoms with Crippen LogP contribution in [0.3, 0.4) is 0 Å². The third kappa shape index (κ3) is 2.19. The van der Waals surface area contributed by atoms with Gasteiger partial charge in [0.15, 0.2) is 0 Å². The second-order valence-electron chi connectivity index (χ2n) is 3.73. The van der Waals surface area contributed by atoms with E-state index in [0.29, 0.717) is 5.92 Å². The smallest absolute Gasteiger partial charge is 0.284 e. The summed E-state index contributed by atoms with van der Waals surface area (Å²) < 4.78 is 36.4. The Morgan fingerprint density at radius 1 is 1.27 bits per heavy atom. The maximum absolute atomic E-state index is 12.1. The molecular weight excluding hydrogens is 205 g/mol. The third-order valence-corrected chi connectivity index (χ3v) is 2.46. The van der Waals surface area contributed by atoms with E-state index in [0.717, 1.165) is 18.4 Å². The molecule has 0 radical (unpaired) electrons. The van der Waals surface area contributed by atoms with Crippen molar-refractivity contribution in [3.63, 3.8) is 0 Å². The molecule has 0 amide bonds. The Labute approximate surface area is 84.9 Å². The van der Waals surface area contributed by atoms with Crippen LogP contribution in [0.15, 0.2) is 24.3 Å². The Morgan fingerprint density at radius 2 is 1.93 bits per heavy atom. The van der Waals surface area contributed by atoms with Gasteiger partial charge in [-0.1, -0.05) is 18.2 Å². The van der Waals surface area contributed by atoms with E-state index in [1.165, 1.54) is 18.2 Å². The summed E-state index contributed by atoms with van der Waals surface area (Å²) in [6, 6.07) is 5.84. The molecule has 0 heterocycles. The van der Waals surface area contributed by atoms with Crippen molar-refractivity contribution >= 4 is 5.78 Å². The number of Topliss-reactive ketones (excluding diaryl/α,β-unsaturated/α-hetero) is 1. The van der Waals surface area contributed by atoms with Crippen LogP contribution in [0, 0.1) is 0 Å². The molecule has 0 N–H and O–H groups in total. The topological polar surface area (TPSA) is 17.1 Å². The van der Waals surface area contributed by atoms with Crippen molar-refractivity contribution in [2.45, 2.75) is 24.9 Å². The Hall–Kier alpha value is -1.32. The van der Waals surface area contributed by atoms with E-state index >= 15 is 0 Å². The Bertz CT molecular complexity index is 391. The average molecular weight is 214 g/mol. The van der Waals surface area contributed by atoms with Crippen LogP contribution < -0.4 is 0 Å². The molecule has 1 nitrogen and oxygen atoms in total. The van der Waals surface area contributed by atoms with Crippen molar-refractivity contribution in [3.05, 3.63) is 35.4 Å². The Kier molecular flexibility index (Phi) is 2.29. The minimum absolute atomic E-state index is 0.257. The first-order chi connectivity index (χ1) is 6.98. The van der Waals surface area contributed by atoms with Crippen molar-refractivity contribution in [1.82, 2.24) is 0 Å². The molecule has 0 aliphatic heterocycles. The van der Waals surface area contributed by atoms with Crippen LogP contribution in [0.4, 0.5) is 13.2 Å². The van der Waals surface area contributed by atoms with Crippen LogP contribution in [0.25, 0.3) is 0 Å². The second-order valence-corrected chi connectivity index (χ2v) is 3.73. The molecular formula is C11H9F3O. The van der Waals surface area contributed by atoms with Gasteiger partial charge < -0.3 is 0 Å². The summed E-state index contributed by atoms with van der Waals surface area (Å²) in [5, 5.41) is 0. The normalized spacial score (nSPS) is 16.5. The van der Waals surface area contributed by atoms with Gasteiger partial charge in [0.05, 0.1) is 0 Å². The molecule has 1 saturated carbocycles. The van der Waals surface area contributed by atoms with E-state index in [2.05, 4.69) is 0 Å². The van der Waals surface area contributed by atoms with Crippen molar-refractivity contribution in [2.24, 2.45) is 0 Å². The van der Waals surface area contributed by atoms with Crippen LogP contribution >= 0.6 is 0 Å². The van der Waals surface area contributed by atoms with Gasteiger partial charge in [0.1, 0.15) is 0 Å². The van der Waals surface area contributed by atoms with Gasteiger partial charge in [0.2, 0.25) is 0 Å². The molecule has 2 rings (SSSR count). The first-order valence-corrected chi connectivity index (χ1v) is 4.70. The van der Waals surface area contributed by atoms with Gasteiger partial charge in [-0.05, 0) is 30.4 Å². The highest BCUT2D eigenvalue weighted by Gasteiger charge is 2.39. The van der Waals surface area contributed by atoms with Crippen LogP contribution in [0.2, 0.25) is 0 Å². The quantitative estimate of drug-likeness (QED) is 0.690. The first kappa shape index (κ1) is 10.2. The third-order valence-electron chi connectivity index (χ3n) is 2.46. The molecule has 15 heavy (non-hydrogen) atoms. The molecule has 0 atom stereocenters. The van der Waals surface area contributed by atoms with Gasteiger partial charge in [-0.25, -0.2) is 0 Å². The fourth-order valence-electron chi connectivity index (χ4n) is 1.51. The summed E-state index contributed by atoms with van der Waals surface area (Å²) in [7, 11) is 0. The monoisotopic (exact) mass is 214 g/mol. The van der Waals surface area contributed by atoms with Crippen molar-refractivity contribution in [2.75, 3.05) is 0 Å². The van der Waals surface area contributed by atoms with Crippen molar-refractivity contribution in [1.29, 1.82) is 0 Å². The molecule has 1 aromatic carbocycles. The molecule has 4 heteroatoms. The summed E-state index contributed by atoms with van der Waals surface area (Å²) in [6.45, 7) is 0. The lowest BCUT2D eigenvalue weighted by Gasteiger charge is -2.06. The molecule has 0 spiro atoms. The lowest BCUT2D eigenvalue weighted by molar-refractivity contribution is -0.0885. The van der Waals surface area contributed by atoms with Crippen molar-refractivity contribution in [3.8, 4) is 0 Å². The lowest BCUT2D eigenvalue weighted by atomic mass is 10.0. The number of alkyl halides is 3. The number of benzene rings is 1. The zero-order valence-corrected chi connectivity index (χ0v) is 7.84. The van der Waals surface area contributed by atoms with Gasteiger partial charge in [0.25, 0.3) is 5.78 Å². The molecule has 0 aromatic heterocycles. The van der Waals surface area contributed by atoms with Crippen LogP contribution in [0.1, 0.15) is 34.7 Å². The predicted molar refractivity (Wildman–Crippen MR) is 48.8 cm³/mol. The largest absolute Gasteiger partial charge is 0.454 e. The summed E-state index contributed by atoms with van der Waals surface area (Å²) in [6.07, 6.45) is -2.77. The van der Waals surface area contributed by atoms with E-state index in [4.69, 9.17) is 0 Å². The maximum atomic E-state index is 12.1. The van der Waals surface area contributed by atoms with Crippen molar-refractivity contribution < 1.29 is 18.0 Å². The number of carbonyl (C=O) groups excluding carboxylic acids is 1. The zero-order valence-electron chi connectivity index (χ0n) is 7.84. The number of ketones is 1. The SMILES string of the molecule is O=C(c1cccc(C2CC2)c1)C(F)(F)F. The molecule has 1 fully saturated rings. The van der Waals surface area contributed by atoms with E-state index in [1.54, 1.807) is 6.07 Å². The number of hydrogen-bond acceptors (Lipinski definition) is 1. The highest BCUT2D eigenvalue weighted by atomic mass is 19.4. The summed E-state index contributed by atoms with van der Waals surface area (Å²) >= 11 is 0. The summed E-state index contributed by atoms with van der Waals surface area (Å²) in [4.78, 5) is 10.9. The van der Waals surface area contributed by atoms with Crippen LogP contribution in [-0.4, -0.2) is 12.0 Å². The fraction of sp³-hybridized carbons (Fsp3) is 0.364. The molecule has 1 aromatic rings. The number of carbonyl (C=O) groups is 1. The highest BCUT2D eigenvalue weighted by molar-refractivity contribution is 6.00. The highest BCUT2D eigenvalue weighted by Crippen LogP contribution is 2.40. The van der Waals surface area contributed by atoms with Gasteiger partial charge in [0, 0.05) is 5.56 Å². The van der Waals surface area contributed by atoms with Gasteiger partial charge in [-0.3, -0.25) is 4.79 Å². The Morgan fingerprint density at radius 3 is 2.47 bits per heavy atom. The van der Waals surface area contributed by atoms with Crippen LogP contribution in [-0.2, 0) is 0 Å². The van der Waals surface area contributed by atoms with E-state index in [9.17, 15) is 18.0 Å². The van der Waals surface area contributed by atoms with Gasteiger partial charge >= 0.3 is 6.18 Å². The summed E-state index contributed by atoms with van der Waals surface area (Å²) in [5.74, 6) is -1.41. The molecule has 0 unspecified atom stereocenters. The Balaban J connectivity index is 2.28. The standard InChI is InChI=1S/C11H9F3O/c12-11(13,14)10(15)9-3-1-2-8(6-9)7-4-5-7/h1-3,6-7H,4-5H2. The number of halogens is 3. The molecule has 0 saturated heterocycles. The zero-order chi connectivity index (χ0) is 11.1. The van der Waals surface area contributed by atoms with Gasteiger partial charge in [-0.2, -0.15) is 13.2 Å². The first-order valence-electron chi connectivity index (χ1n) is 4.70. The maximum Gasteiger partial charge on any atom is 0.454 e. The average Bonchev–Trinajstić information content (AvgIpc) is 2.98. The fourth-order valence-corrected chi connectivity index (χ4v) is 1.51. The van der Waals surface area contributed by atoms with Crippen LogP contribution in [0.5, 0.6) is 0 Å². The van der Waals surface area contributed by atoms with E-state index in [-0.39, 0.29) is 5.56 Å². The molecule has 1 aliphatic rings. The van der Waals surface area contributed by atoms with E-state index in [1.807, 2.05) is 0 Å². The number of hydrogen-bond donors (Lipinski definition) is 0. The minimum atomic E-state index is -4.78. The van der Waals surface area contributed by atoms with E-state index < -0.39 is 12.0 Å². The molecule has 0 bridgehead atoms. The lowest BCUT2D eigenvalue weighted by Crippen LogP contribution is -2.22. The number of rotatable bonds is 2. The summed E-state index contributed by atoms with van der Waals surface area (Å²) in [5.41, 5.74) is 0.581. The molecule has 80 valence electrons. The predicted octanol–water partition coefficient (Wildman–Crippen LogP) is 3.31. The van der Waals surface area contributed by atoms with Gasteiger partial charge in [-0.15, -0.1) is 0 Å². The molecule has 1 aliphatic carbocycles.